The predicted octanol–water partition coefficient (Wildman–Crippen LogP) is 1.86. The molecule has 1 aromatic rings. The number of carbonyl (C=O) groups excluding carboxylic acids is 1. The van der Waals surface area contributed by atoms with E-state index in [-0.39, 0.29) is 5.91 Å². The average molecular weight is 320 g/mol. The van der Waals surface area contributed by atoms with Crippen LogP contribution in [-0.4, -0.2) is 56.6 Å². The second-order valence-corrected chi connectivity index (χ2v) is 5.89. The van der Waals surface area contributed by atoms with Crippen molar-refractivity contribution in [3.8, 4) is 5.75 Å². The van der Waals surface area contributed by atoms with Gasteiger partial charge in [0.25, 0.3) is 0 Å². The second-order valence-electron chi connectivity index (χ2n) is 5.89. The quantitative estimate of drug-likeness (QED) is 0.897. The van der Waals surface area contributed by atoms with Gasteiger partial charge in [-0.3, -0.25) is 4.79 Å². The lowest BCUT2D eigenvalue weighted by atomic mass is 10.0. The molecule has 0 aromatic heterocycles. The highest BCUT2D eigenvalue weighted by molar-refractivity contribution is 5.76. The van der Waals surface area contributed by atoms with Crippen LogP contribution in [0.5, 0.6) is 5.75 Å². The Morgan fingerprint density at radius 1 is 1.22 bits per heavy atom. The van der Waals surface area contributed by atoms with Gasteiger partial charge in [-0.25, -0.2) is 0 Å². The lowest BCUT2D eigenvalue weighted by molar-refractivity contribution is -0.187. The number of nitrogens with one attached hydrogen (secondary N) is 1. The van der Waals surface area contributed by atoms with Crippen LogP contribution in [0.25, 0.3) is 0 Å². The summed E-state index contributed by atoms with van der Waals surface area (Å²) in [5.74, 6) is 0.585. The van der Waals surface area contributed by atoms with Gasteiger partial charge in [0.15, 0.2) is 5.79 Å². The van der Waals surface area contributed by atoms with Gasteiger partial charge < -0.3 is 24.4 Å². The molecule has 0 saturated carbocycles. The summed E-state index contributed by atoms with van der Waals surface area (Å²) in [5.41, 5.74) is 0.990. The van der Waals surface area contributed by atoms with Gasteiger partial charge in [-0.1, -0.05) is 0 Å². The van der Waals surface area contributed by atoms with Gasteiger partial charge in [0.1, 0.15) is 5.75 Å². The number of rotatable bonds is 5. The number of methoxy groups -OCH3 is 1. The minimum atomic E-state index is -0.419. The van der Waals surface area contributed by atoms with E-state index in [1.807, 2.05) is 29.2 Å². The minimum Gasteiger partial charge on any atom is -0.497 e. The smallest absolute Gasteiger partial charge is 0.224 e. The highest BCUT2D eigenvalue weighted by atomic mass is 16.7. The molecule has 2 aliphatic rings. The van der Waals surface area contributed by atoms with E-state index < -0.39 is 5.79 Å². The van der Waals surface area contributed by atoms with Crippen LogP contribution in [-0.2, 0) is 14.3 Å². The number of amides is 1. The van der Waals surface area contributed by atoms with Gasteiger partial charge in [0.2, 0.25) is 5.91 Å². The van der Waals surface area contributed by atoms with Crippen molar-refractivity contribution in [2.24, 2.45) is 0 Å². The summed E-state index contributed by atoms with van der Waals surface area (Å²) in [6.07, 6.45) is 2.02. The summed E-state index contributed by atoms with van der Waals surface area (Å²) in [6, 6.07) is 7.69. The van der Waals surface area contributed by atoms with Crippen molar-refractivity contribution >= 4 is 11.6 Å². The molecule has 126 valence electrons. The van der Waals surface area contributed by atoms with Crippen LogP contribution in [0.2, 0.25) is 0 Å². The zero-order valence-electron chi connectivity index (χ0n) is 13.5. The van der Waals surface area contributed by atoms with E-state index in [2.05, 4.69) is 5.32 Å². The Labute approximate surface area is 136 Å². The molecule has 0 bridgehead atoms. The first kappa shape index (κ1) is 16.1. The molecule has 0 aliphatic carbocycles. The third-order valence-corrected chi connectivity index (χ3v) is 4.45. The van der Waals surface area contributed by atoms with E-state index in [0.29, 0.717) is 39.3 Å². The van der Waals surface area contributed by atoms with E-state index in [1.165, 1.54) is 0 Å². The number of likely N-dealkylation sites (tertiary alicyclic amines) is 1. The van der Waals surface area contributed by atoms with Gasteiger partial charge in [0, 0.05) is 44.6 Å². The van der Waals surface area contributed by atoms with E-state index >= 15 is 0 Å². The van der Waals surface area contributed by atoms with Gasteiger partial charge >= 0.3 is 0 Å². The van der Waals surface area contributed by atoms with Crippen LogP contribution < -0.4 is 10.1 Å². The van der Waals surface area contributed by atoms with Crippen molar-refractivity contribution < 1.29 is 19.0 Å². The highest BCUT2D eigenvalue weighted by Gasteiger charge is 2.40. The maximum Gasteiger partial charge on any atom is 0.224 e. The molecule has 2 fully saturated rings. The van der Waals surface area contributed by atoms with Gasteiger partial charge in [-0.05, 0) is 24.3 Å². The first-order chi connectivity index (χ1) is 11.2. The topological polar surface area (TPSA) is 60.0 Å². The third kappa shape index (κ3) is 3.95. The van der Waals surface area contributed by atoms with E-state index in [0.717, 1.165) is 24.3 Å². The summed E-state index contributed by atoms with van der Waals surface area (Å²) in [4.78, 5) is 14.2. The minimum absolute atomic E-state index is 0.179. The molecule has 1 spiro atoms. The maximum absolute atomic E-state index is 12.3. The van der Waals surface area contributed by atoms with Gasteiger partial charge in [0.05, 0.1) is 20.3 Å². The zero-order valence-corrected chi connectivity index (χ0v) is 13.5. The standard InChI is InChI=1S/C17H24N2O4/c1-21-15-4-2-14(3-5-15)18-9-6-16(20)19-10-7-17(8-11-19)22-12-13-23-17/h2-5,18H,6-13H2,1H3. The first-order valence-corrected chi connectivity index (χ1v) is 8.14. The van der Waals surface area contributed by atoms with Crippen LogP contribution in [0.15, 0.2) is 24.3 Å². The Bertz CT molecular complexity index is 516. The van der Waals surface area contributed by atoms with Crippen molar-refractivity contribution in [1.82, 2.24) is 4.90 Å². The third-order valence-electron chi connectivity index (χ3n) is 4.45. The number of hydrogen-bond donors (Lipinski definition) is 1. The molecule has 2 heterocycles. The lowest BCUT2D eigenvalue weighted by Crippen LogP contribution is -2.47. The van der Waals surface area contributed by atoms with Crippen molar-refractivity contribution in [2.45, 2.75) is 25.0 Å². The van der Waals surface area contributed by atoms with Gasteiger partial charge in [-0.2, -0.15) is 0 Å². The number of anilines is 1. The summed E-state index contributed by atoms with van der Waals surface area (Å²) < 4.78 is 16.5. The Hall–Kier alpha value is -1.79. The Morgan fingerprint density at radius 3 is 2.48 bits per heavy atom. The van der Waals surface area contributed by atoms with Crippen LogP contribution in [0.1, 0.15) is 19.3 Å². The lowest BCUT2D eigenvalue weighted by Gasteiger charge is -2.37. The van der Waals surface area contributed by atoms with Crippen LogP contribution in [0, 0.1) is 0 Å². The predicted molar refractivity (Wildman–Crippen MR) is 86.5 cm³/mol. The molecule has 3 rings (SSSR count). The fourth-order valence-corrected chi connectivity index (χ4v) is 3.06. The fraction of sp³-hybridized carbons (Fsp3) is 0.588. The number of benzene rings is 1. The number of hydrogen-bond acceptors (Lipinski definition) is 5. The number of nitrogens with zero attached hydrogens (tertiary/aromatic N) is 1. The van der Waals surface area contributed by atoms with Crippen molar-refractivity contribution in [3.63, 3.8) is 0 Å². The van der Waals surface area contributed by atoms with E-state index in [1.54, 1.807) is 7.11 Å². The largest absolute Gasteiger partial charge is 0.497 e. The highest BCUT2D eigenvalue weighted by Crippen LogP contribution is 2.31. The van der Waals surface area contributed by atoms with Crippen molar-refractivity contribution in [3.05, 3.63) is 24.3 Å². The summed E-state index contributed by atoms with van der Waals surface area (Å²) in [7, 11) is 1.64. The van der Waals surface area contributed by atoms with Crippen LogP contribution in [0.4, 0.5) is 5.69 Å². The first-order valence-electron chi connectivity index (χ1n) is 8.14. The molecule has 6 heteroatoms. The Kier molecular flexibility index (Phi) is 5.03. The molecule has 1 aromatic carbocycles. The van der Waals surface area contributed by atoms with Gasteiger partial charge in [-0.15, -0.1) is 0 Å². The van der Waals surface area contributed by atoms with Crippen molar-refractivity contribution in [2.75, 3.05) is 45.3 Å². The number of ether oxygens (including phenoxy) is 3. The molecule has 23 heavy (non-hydrogen) atoms. The maximum atomic E-state index is 12.3. The molecular formula is C17H24N2O4. The fourth-order valence-electron chi connectivity index (χ4n) is 3.06. The SMILES string of the molecule is COc1ccc(NCCC(=O)N2CCC3(CC2)OCCO3)cc1. The second kappa shape index (κ2) is 7.19. The molecule has 1 N–H and O–H groups in total. The molecule has 0 unspecified atom stereocenters. The Balaban J connectivity index is 1.39. The molecule has 0 radical (unpaired) electrons. The Morgan fingerprint density at radius 2 is 1.87 bits per heavy atom. The summed E-state index contributed by atoms with van der Waals surface area (Å²) in [6.45, 7) is 3.38. The molecule has 2 aliphatic heterocycles. The van der Waals surface area contributed by atoms with E-state index in [9.17, 15) is 4.79 Å². The molecular weight excluding hydrogens is 296 g/mol. The zero-order chi connectivity index (χ0) is 16.1. The molecule has 2 saturated heterocycles. The average Bonchev–Trinajstić information content (AvgIpc) is 3.04. The molecule has 1 amide bonds. The number of carbonyl (C=O) groups is 1. The molecule has 6 nitrogen and oxygen atoms in total. The number of piperidine rings is 1. The van der Waals surface area contributed by atoms with Crippen molar-refractivity contribution in [1.29, 1.82) is 0 Å². The van der Waals surface area contributed by atoms with E-state index in [4.69, 9.17) is 14.2 Å². The normalized spacial score (nSPS) is 19.8. The monoisotopic (exact) mass is 320 g/mol. The summed E-state index contributed by atoms with van der Waals surface area (Å²) >= 11 is 0. The van der Waals surface area contributed by atoms with Crippen LogP contribution >= 0.6 is 0 Å². The molecule has 0 atom stereocenters. The summed E-state index contributed by atoms with van der Waals surface area (Å²) in [5, 5.41) is 3.26. The van der Waals surface area contributed by atoms with Crippen LogP contribution in [0.3, 0.4) is 0 Å².